The molecule has 8 heteroatoms. The summed E-state index contributed by atoms with van der Waals surface area (Å²) in [5, 5.41) is 9.20. The number of methoxy groups -OCH3 is 1. The lowest BCUT2D eigenvalue weighted by atomic mass is 10.0. The van der Waals surface area contributed by atoms with Gasteiger partial charge in [-0.05, 0) is 38.3 Å². The van der Waals surface area contributed by atoms with Crippen molar-refractivity contribution in [1.29, 1.82) is 0 Å². The molecule has 0 N–H and O–H groups in total. The van der Waals surface area contributed by atoms with Crippen LogP contribution in [0.25, 0.3) is 11.6 Å². The van der Waals surface area contributed by atoms with E-state index in [2.05, 4.69) is 17.1 Å². The lowest BCUT2D eigenvalue weighted by molar-refractivity contribution is -0.131. The zero-order chi connectivity index (χ0) is 17.6. The lowest BCUT2D eigenvalue weighted by Crippen LogP contribution is -2.43. The summed E-state index contributed by atoms with van der Waals surface area (Å²) >= 11 is 1.42. The monoisotopic (exact) mass is 364 g/mol. The Morgan fingerprint density at radius 3 is 3.04 bits per heavy atom. The summed E-state index contributed by atoms with van der Waals surface area (Å²) in [4.78, 5) is 14.5. The van der Waals surface area contributed by atoms with Crippen LogP contribution in [0.5, 0.6) is 0 Å². The molecular formula is C17H24N4O3S. The van der Waals surface area contributed by atoms with Crippen molar-refractivity contribution >= 4 is 17.7 Å². The van der Waals surface area contributed by atoms with Crippen molar-refractivity contribution in [2.24, 2.45) is 0 Å². The number of nitrogens with zero attached hydrogens (tertiary/aromatic N) is 4. The second-order valence-electron chi connectivity index (χ2n) is 6.15. The van der Waals surface area contributed by atoms with Crippen LogP contribution >= 0.6 is 11.8 Å². The number of amides is 1. The summed E-state index contributed by atoms with van der Waals surface area (Å²) in [6.07, 6.45) is 4.99. The van der Waals surface area contributed by atoms with Gasteiger partial charge in [-0.1, -0.05) is 11.8 Å². The summed E-state index contributed by atoms with van der Waals surface area (Å²) in [5.74, 6) is 1.85. The number of thioether (sulfide) groups is 1. The second-order valence-corrected chi connectivity index (χ2v) is 7.09. The molecule has 0 aromatic carbocycles. The van der Waals surface area contributed by atoms with Crippen molar-refractivity contribution in [3.8, 4) is 11.6 Å². The minimum absolute atomic E-state index is 0.165. The van der Waals surface area contributed by atoms with Gasteiger partial charge in [0, 0.05) is 19.7 Å². The third kappa shape index (κ3) is 4.24. The van der Waals surface area contributed by atoms with E-state index in [0.717, 1.165) is 19.4 Å². The molecule has 1 unspecified atom stereocenters. The highest BCUT2D eigenvalue weighted by Gasteiger charge is 2.24. The molecule has 3 rings (SSSR count). The molecule has 0 bridgehead atoms. The number of rotatable bonds is 7. The van der Waals surface area contributed by atoms with Gasteiger partial charge in [0.15, 0.2) is 10.9 Å². The summed E-state index contributed by atoms with van der Waals surface area (Å²) < 4.78 is 12.6. The summed E-state index contributed by atoms with van der Waals surface area (Å²) in [6.45, 7) is 4.12. The van der Waals surface area contributed by atoms with Crippen molar-refractivity contribution in [2.45, 2.75) is 43.9 Å². The molecular weight excluding hydrogens is 340 g/mol. The van der Waals surface area contributed by atoms with Gasteiger partial charge in [-0.2, -0.15) is 0 Å². The van der Waals surface area contributed by atoms with Crippen LogP contribution in [-0.2, 0) is 16.1 Å². The van der Waals surface area contributed by atoms with Gasteiger partial charge in [-0.3, -0.25) is 9.36 Å². The molecule has 0 saturated carbocycles. The first-order valence-electron chi connectivity index (χ1n) is 8.59. The molecule has 1 atom stereocenters. The second kappa shape index (κ2) is 8.53. The van der Waals surface area contributed by atoms with Crippen LogP contribution in [0.15, 0.2) is 28.0 Å². The Bertz CT molecular complexity index is 686. The molecule has 1 amide bonds. The Labute approximate surface area is 151 Å². The highest BCUT2D eigenvalue weighted by atomic mass is 32.2. The van der Waals surface area contributed by atoms with Crippen LogP contribution in [0, 0.1) is 0 Å². The highest BCUT2D eigenvalue weighted by molar-refractivity contribution is 7.99. The molecule has 0 aliphatic carbocycles. The Kier molecular flexibility index (Phi) is 6.14. The molecule has 1 saturated heterocycles. The van der Waals surface area contributed by atoms with Crippen molar-refractivity contribution in [3.63, 3.8) is 0 Å². The number of piperidine rings is 1. The van der Waals surface area contributed by atoms with E-state index < -0.39 is 0 Å². The standard InChI is InChI=1S/C17H24N4O3S/c1-13-6-3-4-8-20(13)15(22)12-25-17-19-18-16(14-7-5-10-24-14)21(17)9-11-23-2/h5,7,10,13H,3-4,6,8-9,11-12H2,1-2H3. The average molecular weight is 364 g/mol. The van der Waals surface area contributed by atoms with E-state index >= 15 is 0 Å². The van der Waals surface area contributed by atoms with E-state index in [0.29, 0.717) is 41.7 Å². The van der Waals surface area contributed by atoms with E-state index in [4.69, 9.17) is 9.15 Å². The Morgan fingerprint density at radius 2 is 2.32 bits per heavy atom. The SMILES string of the molecule is COCCn1c(SCC(=O)N2CCCCC2C)nnc1-c1ccco1. The van der Waals surface area contributed by atoms with E-state index in [9.17, 15) is 4.79 Å². The molecule has 1 aliphatic heterocycles. The minimum Gasteiger partial charge on any atom is -0.461 e. The fourth-order valence-electron chi connectivity index (χ4n) is 3.05. The maximum absolute atomic E-state index is 12.5. The van der Waals surface area contributed by atoms with Crippen LogP contribution < -0.4 is 0 Å². The van der Waals surface area contributed by atoms with Gasteiger partial charge >= 0.3 is 0 Å². The van der Waals surface area contributed by atoms with Gasteiger partial charge in [0.25, 0.3) is 0 Å². The number of carbonyl (C=O) groups excluding carboxylic acids is 1. The number of ether oxygens (including phenoxy) is 1. The predicted molar refractivity (Wildman–Crippen MR) is 95.4 cm³/mol. The molecule has 1 fully saturated rings. The first-order valence-corrected chi connectivity index (χ1v) is 9.57. The predicted octanol–water partition coefficient (Wildman–Crippen LogP) is 2.68. The fourth-order valence-corrected chi connectivity index (χ4v) is 3.90. The number of hydrogen-bond donors (Lipinski definition) is 0. The molecule has 2 aromatic heterocycles. The number of hydrogen-bond acceptors (Lipinski definition) is 6. The molecule has 0 radical (unpaired) electrons. The summed E-state index contributed by atoms with van der Waals surface area (Å²) in [7, 11) is 1.66. The zero-order valence-electron chi connectivity index (χ0n) is 14.7. The van der Waals surface area contributed by atoms with Crippen molar-refractivity contribution in [1.82, 2.24) is 19.7 Å². The quantitative estimate of drug-likeness (QED) is 0.703. The molecule has 25 heavy (non-hydrogen) atoms. The normalized spacial score (nSPS) is 17.8. The van der Waals surface area contributed by atoms with E-state index in [1.54, 1.807) is 13.4 Å². The third-order valence-corrected chi connectivity index (χ3v) is 5.38. The number of furan rings is 1. The van der Waals surface area contributed by atoms with E-state index in [-0.39, 0.29) is 5.91 Å². The lowest BCUT2D eigenvalue weighted by Gasteiger charge is -2.33. The van der Waals surface area contributed by atoms with Gasteiger partial charge in [-0.15, -0.1) is 10.2 Å². The van der Waals surface area contributed by atoms with Crippen molar-refractivity contribution in [2.75, 3.05) is 26.0 Å². The van der Waals surface area contributed by atoms with Gasteiger partial charge in [0.05, 0.1) is 25.2 Å². The van der Waals surface area contributed by atoms with Crippen molar-refractivity contribution < 1.29 is 13.9 Å². The Hall–Kier alpha value is -1.80. The zero-order valence-corrected chi connectivity index (χ0v) is 15.5. The van der Waals surface area contributed by atoms with Crippen LogP contribution in [-0.4, -0.2) is 57.6 Å². The van der Waals surface area contributed by atoms with Gasteiger partial charge in [0.1, 0.15) is 0 Å². The van der Waals surface area contributed by atoms with Gasteiger partial charge < -0.3 is 14.1 Å². The van der Waals surface area contributed by atoms with Gasteiger partial charge in [-0.25, -0.2) is 0 Å². The smallest absolute Gasteiger partial charge is 0.233 e. The largest absolute Gasteiger partial charge is 0.461 e. The first kappa shape index (κ1) is 18.0. The molecule has 7 nitrogen and oxygen atoms in total. The van der Waals surface area contributed by atoms with Crippen LogP contribution in [0.1, 0.15) is 26.2 Å². The van der Waals surface area contributed by atoms with Crippen molar-refractivity contribution in [3.05, 3.63) is 18.4 Å². The van der Waals surface area contributed by atoms with Crippen LogP contribution in [0.3, 0.4) is 0 Å². The van der Waals surface area contributed by atoms with E-state index in [1.807, 2.05) is 21.6 Å². The van der Waals surface area contributed by atoms with Crippen LogP contribution in [0.2, 0.25) is 0 Å². The minimum atomic E-state index is 0.165. The Balaban J connectivity index is 1.70. The average Bonchev–Trinajstić information content (AvgIpc) is 3.27. The fraction of sp³-hybridized carbons (Fsp3) is 0.588. The molecule has 0 spiro atoms. The van der Waals surface area contributed by atoms with E-state index in [1.165, 1.54) is 18.2 Å². The molecule has 3 heterocycles. The van der Waals surface area contributed by atoms with Crippen LogP contribution in [0.4, 0.5) is 0 Å². The number of carbonyl (C=O) groups is 1. The Morgan fingerprint density at radius 1 is 1.44 bits per heavy atom. The molecule has 1 aliphatic rings. The maximum Gasteiger partial charge on any atom is 0.233 e. The first-order chi connectivity index (χ1) is 12.2. The third-order valence-electron chi connectivity index (χ3n) is 4.43. The molecule has 136 valence electrons. The maximum atomic E-state index is 12.5. The highest BCUT2D eigenvalue weighted by Crippen LogP contribution is 2.25. The summed E-state index contributed by atoms with van der Waals surface area (Å²) in [6, 6.07) is 3.99. The number of likely N-dealkylation sites (tertiary alicyclic amines) is 1. The number of aromatic nitrogens is 3. The van der Waals surface area contributed by atoms with Gasteiger partial charge in [0.2, 0.25) is 11.7 Å². The topological polar surface area (TPSA) is 73.4 Å². The molecule has 2 aromatic rings. The summed E-state index contributed by atoms with van der Waals surface area (Å²) in [5.41, 5.74) is 0.